The van der Waals surface area contributed by atoms with Crippen molar-refractivity contribution in [1.29, 1.82) is 0 Å². The summed E-state index contributed by atoms with van der Waals surface area (Å²) in [6.45, 7) is 1.14. The summed E-state index contributed by atoms with van der Waals surface area (Å²) in [5, 5.41) is 3.36. The highest BCUT2D eigenvalue weighted by molar-refractivity contribution is 7.97. The molecule has 0 bridgehead atoms. The average molecular weight is 636 g/mol. The van der Waals surface area contributed by atoms with E-state index in [1.165, 1.54) is 23.3 Å². The van der Waals surface area contributed by atoms with Gasteiger partial charge in [0.15, 0.2) is 0 Å². The minimum absolute atomic E-state index is 0.0847. The molecule has 1 aliphatic rings. The third-order valence-corrected chi connectivity index (χ3v) is 9.48. The van der Waals surface area contributed by atoms with Crippen LogP contribution in [0.5, 0.6) is 5.75 Å². The summed E-state index contributed by atoms with van der Waals surface area (Å²) in [6.07, 6.45) is 3.43. The summed E-state index contributed by atoms with van der Waals surface area (Å²) in [7, 11) is 1.61. The Morgan fingerprint density at radius 1 is 1.07 bits per heavy atom. The van der Waals surface area contributed by atoms with E-state index in [1.807, 2.05) is 72.1 Å². The monoisotopic (exact) mass is 635 g/mol. The molecule has 1 aromatic heterocycles. The van der Waals surface area contributed by atoms with E-state index in [4.69, 9.17) is 16.3 Å². The predicted octanol–water partition coefficient (Wildman–Crippen LogP) is 6.59. The standard InChI is InChI=1S/C33H34ClN3O4S2/c1-41-26-11-6-8-23(19-26)20-33(15-17-37(33)31(39)28-22-43-29-13-4-3-12-27(28)29)32(40)36(16-7-14-30(38)35-42-2)21-24-9-5-10-25(34)18-24/h3-6,8-13,18-19,22H,7,14-17,20-21H2,1-2H3,(H,35,38). The smallest absolute Gasteiger partial charge is 0.256 e. The van der Waals surface area contributed by atoms with Gasteiger partial charge >= 0.3 is 0 Å². The highest BCUT2D eigenvalue weighted by Gasteiger charge is 2.55. The Bertz CT molecular complexity index is 1630. The van der Waals surface area contributed by atoms with E-state index in [9.17, 15) is 14.4 Å². The molecule has 0 radical (unpaired) electrons. The van der Waals surface area contributed by atoms with E-state index in [0.29, 0.717) is 55.2 Å². The molecule has 5 rings (SSSR count). The molecule has 224 valence electrons. The lowest BCUT2D eigenvalue weighted by Gasteiger charge is -2.53. The quantitative estimate of drug-likeness (QED) is 0.178. The van der Waals surface area contributed by atoms with Gasteiger partial charge in [-0.2, -0.15) is 0 Å². The Morgan fingerprint density at radius 2 is 1.86 bits per heavy atom. The Labute approximate surface area is 265 Å². The second kappa shape index (κ2) is 13.8. The second-order valence-corrected chi connectivity index (χ2v) is 12.6. The maximum atomic E-state index is 14.8. The molecule has 1 unspecified atom stereocenters. The molecule has 43 heavy (non-hydrogen) atoms. The molecule has 0 aliphatic carbocycles. The first-order valence-corrected chi connectivity index (χ1v) is 16.6. The number of likely N-dealkylation sites (tertiary alicyclic amines) is 1. The van der Waals surface area contributed by atoms with Crippen LogP contribution in [-0.4, -0.2) is 59.5 Å². The van der Waals surface area contributed by atoms with E-state index >= 15 is 0 Å². The molecular formula is C33H34ClN3O4S2. The molecule has 0 saturated carbocycles. The van der Waals surface area contributed by atoms with Crippen LogP contribution < -0.4 is 9.46 Å². The van der Waals surface area contributed by atoms with Crippen molar-refractivity contribution in [2.45, 2.75) is 37.8 Å². The average Bonchev–Trinajstić information content (AvgIpc) is 3.43. The maximum Gasteiger partial charge on any atom is 0.256 e. The molecule has 0 spiro atoms. The predicted molar refractivity (Wildman–Crippen MR) is 175 cm³/mol. The molecule has 7 nitrogen and oxygen atoms in total. The molecule has 1 saturated heterocycles. The Morgan fingerprint density at radius 3 is 2.60 bits per heavy atom. The lowest BCUT2D eigenvalue weighted by molar-refractivity contribution is -0.151. The fraction of sp³-hybridized carbons (Fsp3) is 0.303. The van der Waals surface area contributed by atoms with Gasteiger partial charge in [-0.1, -0.05) is 66.0 Å². The normalized spacial score (nSPS) is 16.0. The number of benzene rings is 3. The molecule has 4 aromatic rings. The number of rotatable bonds is 12. The van der Waals surface area contributed by atoms with Crippen molar-refractivity contribution in [2.24, 2.45) is 0 Å². The SMILES string of the molecule is COc1cccc(CC2(C(=O)N(CCCC(=O)NSC)Cc3cccc(Cl)c3)CCN2C(=O)c2csc3ccccc23)c1. The number of ether oxygens (including phenoxy) is 1. The Kier molecular flexibility index (Phi) is 9.95. The number of nitrogens with one attached hydrogen (secondary N) is 1. The zero-order valence-corrected chi connectivity index (χ0v) is 26.6. The van der Waals surface area contributed by atoms with Crippen molar-refractivity contribution < 1.29 is 19.1 Å². The van der Waals surface area contributed by atoms with Crippen molar-refractivity contribution in [1.82, 2.24) is 14.5 Å². The van der Waals surface area contributed by atoms with Crippen LogP contribution in [0.15, 0.2) is 78.2 Å². The first kappa shape index (κ1) is 30.9. The van der Waals surface area contributed by atoms with Crippen molar-refractivity contribution >= 4 is 62.7 Å². The minimum atomic E-state index is -1.09. The summed E-state index contributed by atoms with van der Waals surface area (Å²) < 4.78 is 9.25. The molecule has 1 atom stereocenters. The van der Waals surface area contributed by atoms with Gasteiger partial charge in [-0.3, -0.25) is 14.4 Å². The number of carbonyl (C=O) groups is 3. The fourth-order valence-electron chi connectivity index (χ4n) is 5.68. The molecule has 1 N–H and O–H groups in total. The number of hydrogen-bond donors (Lipinski definition) is 1. The van der Waals surface area contributed by atoms with Gasteiger partial charge in [-0.15, -0.1) is 11.3 Å². The van der Waals surface area contributed by atoms with Crippen molar-refractivity contribution in [2.75, 3.05) is 26.5 Å². The maximum absolute atomic E-state index is 14.8. The van der Waals surface area contributed by atoms with Crippen LogP contribution in [-0.2, 0) is 22.6 Å². The molecule has 3 amide bonds. The van der Waals surface area contributed by atoms with Gasteiger partial charge in [0.2, 0.25) is 11.8 Å². The lowest BCUT2D eigenvalue weighted by atomic mass is 9.77. The zero-order valence-electron chi connectivity index (χ0n) is 24.2. The summed E-state index contributed by atoms with van der Waals surface area (Å²) in [5.41, 5.74) is 1.31. The number of thiophene rings is 1. The number of fused-ring (bicyclic) bond motifs is 1. The van der Waals surface area contributed by atoms with Crippen LogP contribution in [0.1, 0.15) is 40.7 Å². The van der Waals surface area contributed by atoms with Gasteiger partial charge in [0.1, 0.15) is 11.3 Å². The van der Waals surface area contributed by atoms with Crippen molar-refractivity contribution in [3.8, 4) is 5.75 Å². The molecule has 2 heterocycles. The third kappa shape index (κ3) is 6.84. The van der Waals surface area contributed by atoms with E-state index in [0.717, 1.165) is 21.2 Å². The van der Waals surface area contributed by atoms with E-state index in [-0.39, 0.29) is 24.1 Å². The van der Waals surface area contributed by atoms with Crippen LogP contribution in [0, 0.1) is 0 Å². The van der Waals surface area contributed by atoms with Crippen LogP contribution >= 0.6 is 34.9 Å². The number of methoxy groups -OCH3 is 1. The number of nitrogens with zero attached hydrogens (tertiary/aromatic N) is 2. The highest BCUT2D eigenvalue weighted by atomic mass is 35.5. The van der Waals surface area contributed by atoms with Gasteiger partial charge in [-0.25, -0.2) is 0 Å². The van der Waals surface area contributed by atoms with Crippen molar-refractivity contribution in [3.05, 3.63) is 99.9 Å². The van der Waals surface area contributed by atoms with Gasteiger partial charge in [-0.05, 0) is 54.3 Å². The van der Waals surface area contributed by atoms with Crippen LogP contribution in [0.2, 0.25) is 5.02 Å². The summed E-state index contributed by atoms with van der Waals surface area (Å²) in [6, 6.07) is 22.9. The number of hydrogen-bond acceptors (Lipinski definition) is 6. The molecule has 1 aliphatic heterocycles. The fourth-order valence-corrected chi connectivity index (χ4v) is 7.16. The Hall–Kier alpha value is -3.53. The third-order valence-electron chi connectivity index (χ3n) is 7.85. The van der Waals surface area contributed by atoms with Gasteiger partial charge < -0.3 is 19.3 Å². The zero-order chi connectivity index (χ0) is 30.4. The number of halogens is 1. The Balaban J connectivity index is 1.51. The van der Waals surface area contributed by atoms with Gasteiger partial charge in [0, 0.05) is 59.2 Å². The summed E-state index contributed by atoms with van der Waals surface area (Å²) in [4.78, 5) is 44.8. The molecule has 3 aromatic carbocycles. The topological polar surface area (TPSA) is 79.0 Å². The number of amides is 3. The summed E-state index contributed by atoms with van der Waals surface area (Å²) >= 11 is 9.08. The van der Waals surface area contributed by atoms with Gasteiger partial charge in [0.05, 0.1) is 12.7 Å². The van der Waals surface area contributed by atoms with Crippen molar-refractivity contribution in [3.63, 3.8) is 0 Å². The first-order valence-electron chi connectivity index (χ1n) is 14.1. The molecule has 10 heteroatoms. The van der Waals surface area contributed by atoms with E-state index in [1.54, 1.807) is 29.2 Å². The largest absolute Gasteiger partial charge is 0.497 e. The van der Waals surface area contributed by atoms with Crippen LogP contribution in [0.3, 0.4) is 0 Å². The summed E-state index contributed by atoms with van der Waals surface area (Å²) in [5.74, 6) is 0.317. The van der Waals surface area contributed by atoms with E-state index in [2.05, 4.69) is 4.72 Å². The highest BCUT2D eigenvalue weighted by Crippen LogP contribution is 2.40. The van der Waals surface area contributed by atoms with Crippen LogP contribution in [0.25, 0.3) is 10.1 Å². The van der Waals surface area contributed by atoms with Gasteiger partial charge in [0.25, 0.3) is 5.91 Å². The number of carbonyl (C=O) groups excluding carboxylic acids is 3. The molecule has 1 fully saturated rings. The minimum Gasteiger partial charge on any atom is -0.497 e. The molecular weight excluding hydrogens is 602 g/mol. The van der Waals surface area contributed by atoms with E-state index < -0.39 is 5.54 Å². The lowest BCUT2D eigenvalue weighted by Crippen LogP contribution is -2.70. The second-order valence-electron chi connectivity index (χ2n) is 10.6. The first-order chi connectivity index (χ1) is 20.8. The van der Waals surface area contributed by atoms with Crippen LogP contribution in [0.4, 0.5) is 0 Å².